The summed E-state index contributed by atoms with van der Waals surface area (Å²) in [7, 11) is 3.37. The quantitative estimate of drug-likeness (QED) is 0.840. The minimum atomic E-state index is 0.0497. The number of hydrogen-bond acceptors (Lipinski definition) is 4. The molecule has 0 aliphatic rings. The zero-order valence-corrected chi connectivity index (χ0v) is 14.2. The van der Waals surface area contributed by atoms with Gasteiger partial charge in [-0.1, -0.05) is 13.0 Å². The van der Waals surface area contributed by atoms with E-state index in [0.717, 1.165) is 27.4 Å². The highest BCUT2D eigenvalue weighted by Crippen LogP contribution is 2.39. The molecule has 108 valence electrons. The second-order valence-electron chi connectivity index (χ2n) is 4.25. The molecule has 0 amide bonds. The van der Waals surface area contributed by atoms with Crippen LogP contribution in [0, 0.1) is 0 Å². The van der Waals surface area contributed by atoms with Crippen LogP contribution < -0.4 is 14.8 Å². The lowest BCUT2D eigenvalue weighted by molar-refractivity contribution is 0.377. The highest BCUT2D eigenvalue weighted by molar-refractivity contribution is 9.11. The van der Waals surface area contributed by atoms with Crippen LogP contribution in [0.2, 0.25) is 0 Å². The van der Waals surface area contributed by atoms with Crippen molar-refractivity contribution >= 4 is 27.3 Å². The van der Waals surface area contributed by atoms with Crippen molar-refractivity contribution in [2.24, 2.45) is 0 Å². The normalized spacial score (nSPS) is 12.2. The Hall–Kier alpha value is -1.04. The number of nitrogens with one attached hydrogen (secondary N) is 1. The van der Waals surface area contributed by atoms with Crippen LogP contribution in [0.5, 0.6) is 11.5 Å². The van der Waals surface area contributed by atoms with Crippen molar-refractivity contribution in [1.82, 2.24) is 5.32 Å². The summed E-state index contributed by atoms with van der Waals surface area (Å²) in [5, 5.41) is 5.65. The standard InChI is InChI=1S/C15H18BrNO2S/c1-4-17-15(10-8-13(16)20-9-10)14-11(18-2)6-5-7-12(14)19-3/h5-9,15,17H,4H2,1-3H3. The van der Waals surface area contributed by atoms with Crippen LogP contribution in [0.3, 0.4) is 0 Å². The minimum absolute atomic E-state index is 0.0497. The number of ether oxygens (including phenoxy) is 2. The molecular weight excluding hydrogens is 338 g/mol. The summed E-state index contributed by atoms with van der Waals surface area (Å²) in [4.78, 5) is 0. The highest BCUT2D eigenvalue weighted by atomic mass is 79.9. The van der Waals surface area contributed by atoms with Crippen molar-refractivity contribution in [3.05, 3.63) is 44.6 Å². The number of halogens is 1. The van der Waals surface area contributed by atoms with E-state index < -0.39 is 0 Å². The topological polar surface area (TPSA) is 30.5 Å². The molecule has 0 aliphatic carbocycles. The molecule has 1 aromatic heterocycles. The SMILES string of the molecule is CCNC(c1csc(Br)c1)c1c(OC)cccc1OC. The smallest absolute Gasteiger partial charge is 0.127 e. The van der Waals surface area contributed by atoms with Gasteiger partial charge in [-0.2, -0.15) is 0 Å². The van der Waals surface area contributed by atoms with E-state index in [4.69, 9.17) is 9.47 Å². The molecule has 2 aromatic rings. The fourth-order valence-corrected chi connectivity index (χ4v) is 3.43. The Morgan fingerprint density at radius 1 is 1.25 bits per heavy atom. The van der Waals surface area contributed by atoms with Crippen molar-refractivity contribution in [1.29, 1.82) is 0 Å². The predicted octanol–water partition coefficient (Wildman–Crippen LogP) is 4.23. The summed E-state index contributed by atoms with van der Waals surface area (Å²) in [6, 6.07) is 8.04. The molecule has 0 fully saturated rings. The molecule has 20 heavy (non-hydrogen) atoms. The van der Waals surface area contributed by atoms with Gasteiger partial charge >= 0.3 is 0 Å². The van der Waals surface area contributed by atoms with Crippen molar-refractivity contribution in [2.75, 3.05) is 20.8 Å². The van der Waals surface area contributed by atoms with Gasteiger partial charge in [-0.25, -0.2) is 0 Å². The first-order chi connectivity index (χ1) is 9.71. The van der Waals surface area contributed by atoms with Crippen LogP contribution in [0.4, 0.5) is 0 Å². The zero-order valence-electron chi connectivity index (χ0n) is 11.8. The van der Waals surface area contributed by atoms with Gasteiger partial charge in [-0.05, 0) is 51.6 Å². The van der Waals surface area contributed by atoms with Gasteiger partial charge in [-0.15, -0.1) is 11.3 Å². The minimum Gasteiger partial charge on any atom is -0.496 e. The average Bonchev–Trinajstić information content (AvgIpc) is 2.90. The number of thiophene rings is 1. The predicted molar refractivity (Wildman–Crippen MR) is 87.1 cm³/mol. The first-order valence-corrected chi connectivity index (χ1v) is 8.06. The Morgan fingerprint density at radius 3 is 2.35 bits per heavy atom. The molecule has 0 saturated carbocycles. The number of hydrogen-bond donors (Lipinski definition) is 1. The van der Waals surface area contributed by atoms with E-state index in [1.54, 1.807) is 25.6 Å². The zero-order chi connectivity index (χ0) is 14.5. The maximum Gasteiger partial charge on any atom is 0.127 e. The van der Waals surface area contributed by atoms with E-state index in [9.17, 15) is 0 Å². The molecule has 1 unspecified atom stereocenters. The third-order valence-electron chi connectivity index (χ3n) is 3.08. The molecule has 0 spiro atoms. The molecule has 2 rings (SSSR count). The van der Waals surface area contributed by atoms with Gasteiger partial charge in [0.05, 0.1) is 29.6 Å². The van der Waals surface area contributed by atoms with Crippen molar-refractivity contribution < 1.29 is 9.47 Å². The monoisotopic (exact) mass is 355 g/mol. The molecule has 1 heterocycles. The number of methoxy groups -OCH3 is 2. The van der Waals surface area contributed by atoms with E-state index >= 15 is 0 Å². The van der Waals surface area contributed by atoms with Crippen LogP contribution in [-0.4, -0.2) is 20.8 Å². The lowest BCUT2D eigenvalue weighted by Gasteiger charge is -2.22. The first kappa shape index (κ1) is 15.4. The Morgan fingerprint density at radius 2 is 1.90 bits per heavy atom. The molecule has 5 heteroatoms. The molecule has 0 aliphatic heterocycles. The van der Waals surface area contributed by atoms with Gasteiger partial charge in [0.2, 0.25) is 0 Å². The van der Waals surface area contributed by atoms with Crippen LogP contribution >= 0.6 is 27.3 Å². The third-order valence-corrected chi connectivity index (χ3v) is 4.61. The van der Waals surface area contributed by atoms with Gasteiger partial charge < -0.3 is 14.8 Å². The maximum atomic E-state index is 5.52. The van der Waals surface area contributed by atoms with Gasteiger partial charge in [-0.3, -0.25) is 0 Å². The van der Waals surface area contributed by atoms with E-state index in [0.29, 0.717) is 0 Å². The maximum absolute atomic E-state index is 5.52. The summed E-state index contributed by atoms with van der Waals surface area (Å²) in [5.74, 6) is 1.66. The molecule has 0 bridgehead atoms. The molecule has 3 nitrogen and oxygen atoms in total. The highest BCUT2D eigenvalue weighted by Gasteiger charge is 2.22. The van der Waals surface area contributed by atoms with E-state index in [1.165, 1.54) is 5.56 Å². The second-order valence-corrected chi connectivity index (χ2v) is 6.54. The first-order valence-electron chi connectivity index (χ1n) is 6.39. The molecular formula is C15H18BrNO2S. The molecule has 0 radical (unpaired) electrons. The summed E-state index contributed by atoms with van der Waals surface area (Å²) in [5.41, 5.74) is 2.23. The Balaban J connectivity index is 2.53. The van der Waals surface area contributed by atoms with Crippen LogP contribution in [-0.2, 0) is 0 Å². The van der Waals surface area contributed by atoms with Crippen molar-refractivity contribution in [2.45, 2.75) is 13.0 Å². The summed E-state index contributed by atoms with van der Waals surface area (Å²) >= 11 is 5.20. The largest absolute Gasteiger partial charge is 0.496 e. The van der Waals surface area contributed by atoms with E-state index in [-0.39, 0.29) is 6.04 Å². The lowest BCUT2D eigenvalue weighted by atomic mass is 9.99. The molecule has 0 saturated heterocycles. The summed E-state index contributed by atoms with van der Waals surface area (Å²) in [6.07, 6.45) is 0. The third kappa shape index (κ3) is 3.16. The van der Waals surface area contributed by atoms with Crippen molar-refractivity contribution in [3.63, 3.8) is 0 Å². The molecule has 1 aromatic carbocycles. The van der Waals surface area contributed by atoms with Gasteiger partial charge in [0.1, 0.15) is 11.5 Å². The second kappa shape index (κ2) is 7.11. The Kier molecular flexibility index (Phi) is 5.46. The number of benzene rings is 1. The fourth-order valence-electron chi connectivity index (χ4n) is 2.23. The van der Waals surface area contributed by atoms with Gasteiger partial charge in [0.15, 0.2) is 0 Å². The van der Waals surface area contributed by atoms with Crippen LogP contribution in [0.1, 0.15) is 24.1 Å². The fraction of sp³-hybridized carbons (Fsp3) is 0.333. The van der Waals surface area contributed by atoms with Gasteiger partial charge in [0.25, 0.3) is 0 Å². The summed E-state index contributed by atoms with van der Waals surface area (Å²) < 4.78 is 12.1. The Bertz CT molecular complexity index is 549. The van der Waals surface area contributed by atoms with Crippen LogP contribution in [0.25, 0.3) is 0 Å². The average molecular weight is 356 g/mol. The lowest BCUT2D eigenvalue weighted by Crippen LogP contribution is -2.22. The molecule has 1 atom stereocenters. The summed E-state index contributed by atoms with van der Waals surface area (Å²) in [6.45, 7) is 2.95. The van der Waals surface area contributed by atoms with E-state index in [2.05, 4.69) is 39.6 Å². The molecule has 1 N–H and O–H groups in total. The van der Waals surface area contributed by atoms with E-state index in [1.807, 2.05) is 18.2 Å². The van der Waals surface area contributed by atoms with Crippen molar-refractivity contribution in [3.8, 4) is 11.5 Å². The van der Waals surface area contributed by atoms with Crippen LogP contribution in [0.15, 0.2) is 33.4 Å². The Labute approximate surface area is 132 Å². The van der Waals surface area contributed by atoms with Gasteiger partial charge in [0, 0.05) is 0 Å². The number of rotatable bonds is 6.